The smallest absolute Gasteiger partial charge is 0.00966 e. The van der Waals surface area contributed by atoms with Gasteiger partial charge in [-0.25, -0.2) is 0 Å². The third-order valence-corrected chi connectivity index (χ3v) is 1.67. The average molecular weight is 155 g/mol. The zero-order chi connectivity index (χ0) is 8.91. The first-order valence-electron chi connectivity index (χ1n) is 4.32. The van der Waals surface area contributed by atoms with Crippen molar-refractivity contribution >= 4 is 0 Å². The van der Waals surface area contributed by atoms with Gasteiger partial charge in [0.1, 0.15) is 0 Å². The molecule has 0 aromatic rings. The lowest BCUT2D eigenvalue weighted by molar-refractivity contribution is 0.429. The van der Waals surface area contributed by atoms with Crippen molar-refractivity contribution in [2.75, 3.05) is 6.54 Å². The van der Waals surface area contributed by atoms with Crippen LogP contribution < -0.4 is 5.32 Å². The molecule has 1 heteroatoms. The molecule has 0 aromatic carbocycles. The van der Waals surface area contributed by atoms with Crippen LogP contribution in [0.4, 0.5) is 0 Å². The normalized spacial score (nSPS) is 13.7. The van der Waals surface area contributed by atoms with E-state index in [1.165, 1.54) is 5.57 Å². The number of allylic oxidation sites excluding steroid dienone is 1. The van der Waals surface area contributed by atoms with E-state index in [1.54, 1.807) is 0 Å². The lowest BCUT2D eigenvalue weighted by atomic mass is 10.1. The predicted molar refractivity (Wildman–Crippen MR) is 51.8 cm³/mol. The van der Waals surface area contributed by atoms with Crippen LogP contribution in [-0.2, 0) is 0 Å². The van der Waals surface area contributed by atoms with Crippen LogP contribution in [0.1, 0.15) is 41.0 Å². The van der Waals surface area contributed by atoms with Crippen molar-refractivity contribution in [2.45, 2.75) is 46.6 Å². The number of rotatable bonds is 3. The molecule has 0 atom stereocenters. The molecule has 0 rings (SSSR count). The Morgan fingerprint density at radius 2 is 1.91 bits per heavy atom. The maximum Gasteiger partial charge on any atom is 0.00966 e. The molecule has 1 N–H and O–H groups in total. The van der Waals surface area contributed by atoms with E-state index in [0.717, 1.165) is 13.0 Å². The second kappa shape index (κ2) is 4.55. The van der Waals surface area contributed by atoms with E-state index in [2.05, 4.69) is 46.0 Å². The Balaban J connectivity index is 3.43. The lowest BCUT2D eigenvalue weighted by Crippen LogP contribution is -2.36. The molecule has 0 spiro atoms. The summed E-state index contributed by atoms with van der Waals surface area (Å²) >= 11 is 0. The Hall–Kier alpha value is -0.300. The number of nitrogens with one attached hydrogen (secondary N) is 1. The Kier molecular flexibility index (Phi) is 4.43. The average Bonchev–Trinajstić information content (AvgIpc) is 1.85. The minimum Gasteiger partial charge on any atom is -0.312 e. The number of hydrogen-bond acceptors (Lipinski definition) is 1. The quantitative estimate of drug-likeness (QED) is 0.618. The summed E-state index contributed by atoms with van der Waals surface area (Å²) in [7, 11) is 0. The molecule has 0 amide bonds. The van der Waals surface area contributed by atoms with E-state index in [-0.39, 0.29) is 5.54 Å². The summed E-state index contributed by atoms with van der Waals surface area (Å²) in [4.78, 5) is 0. The summed E-state index contributed by atoms with van der Waals surface area (Å²) in [6, 6.07) is 0. The van der Waals surface area contributed by atoms with Crippen LogP contribution in [-0.4, -0.2) is 12.1 Å². The molecule has 0 aliphatic rings. The van der Waals surface area contributed by atoms with Gasteiger partial charge in [-0.3, -0.25) is 0 Å². The van der Waals surface area contributed by atoms with Crippen molar-refractivity contribution in [3.05, 3.63) is 11.6 Å². The summed E-state index contributed by atoms with van der Waals surface area (Å²) in [5, 5.41) is 3.45. The van der Waals surface area contributed by atoms with E-state index in [0.29, 0.717) is 0 Å². The van der Waals surface area contributed by atoms with Crippen molar-refractivity contribution in [3.8, 4) is 0 Å². The highest BCUT2D eigenvalue weighted by molar-refractivity contribution is 4.96. The van der Waals surface area contributed by atoms with E-state index < -0.39 is 0 Å². The third-order valence-electron chi connectivity index (χ3n) is 1.67. The van der Waals surface area contributed by atoms with Crippen molar-refractivity contribution in [3.63, 3.8) is 0 Å². The van der Waals surface area contributed by atoms with Gasteiger partial charge >= 0.3 is 0 Å². The maximum atomic E-state index is 3.45. The molecule has 0 aromatic heterocycles. The Morgan fingerprint density at radius 3 is 2.27 bits per heavy atom. The zero-order valence-corrected chi connectivity index (χ0v) is 8.49. The van der Waals surface area contributed by atoms with Gasteiger partial charge in [0.2, 0.25) is 0 Å². The fourth-order valence-electron chi connectivity index (χ4n) is 0.779. The van der Waals surface area contributed by atoms with Crippen molar-refractivity contribution in [1.82, 2.24) is 5.32 Å². The molecule has 0 aliphatic carbocycles. The Morgan fingerprint density at radius 1 is 1.36 bits per heavy atom. The van der Waals surface area contributed by atoms with Crippen LogP contribution in [0, 0.1) is 0 Å². The lowest BCUT2D eigenvalue weighted by Gasteiger charge is -2.20. The molecule has 0 radical (unpaired) electrons. The van der Waals surface area contributed by atoms with E-state index in [4.69, 9.17) is 0 Å². The first-order valence-corrected chi connectivity index (χ1v) is 4.32. The maximum absolute atomic E-state index is 3.45. The molecule has 0 saturated heterocycles. The highest BCUT2D eigenvalue weighted by Gasteiger charge is 2.06. The summed E-state index contributed by atoms with van der Waals surface area (Å²) in [6.07, 6.45) is 3.33. The standard InChI is InChI=1S/C10H21N/c1-6-9(2)7-8-11-10(3,4)5/h6,11H,7-8H2,1-5H3/b9-6+. The summed E-state index contributed by atoms with van der Waals surface area (Å²) in [6.45, 7) is 11.9. The topological polar surface area (TPSA) is 12.0 Å². The minimum absolute atomic E-state index is 0.258. The van der Waals surface area contributed by atoms with Crippen LogP contribution in [0.3, 0.4) is 0 Å². The van der Waals surface area contributed by atoms with Gasteiger partial charge in [0, 0.05) is 5.54 Å². The van der Waals surface area contributed by atoms with Crippen LogP contribution >= 0.6 is 0 Å². The predicted octanol–water partition coefficient (Wildman–Crippen LogP) is 2.73. The molecule has 1 nitrogen and oxygen atoms in total. The van der Waals surface area contributed by atoms with Gasteiger partial charge in [-0.05, 0) is 47.6 Å². The van der Waals surface area contributed by atoms with Crippen LogP contribution in [0.5, 0.6) is 0 Å². The molecular weight excluding hydrogens is 134 g/mol. The van der Waals surface area contributed by atoms with Gasteiger partial charge < -0.3 is 5.32 Å². The Labute approximate surface area is 70.9 Å². The van der Waals surface area contributed by atoms with E-state index >= 15 is 0 Å². The molecule has 0 fully saturated rings. The largest absolute Gasteiger partial charge is 0.312 e. The van der Waals surface area contributed by atoms with Gasteiger partial charge in [-0.15, -0.1) is 0 Å². The highest BCUT2D eigenvalue weighted by Crippen LogP contribution is 2.01. The van der Waals surface area contributed by atoms with Crippen LogP contribution in [0.15, 0.2) is 11.6 Å². The molecular formula is C10H21N. The molecule has 0 heterocycles. The number of hydrogen-bond donors (Lipinski definition) is 1. The zero-order valence-electron chi connectivity index (χ0n) is 8.49. The molecule has 0 saturated carbocycles. The fraction of sp³-hybridized carbons (Fsp3) is 0.800. The van der Waals surface area contributed by atoms with Gasteiger partial charge in [0.05, 0.1) is 0 Å². The van der Waals surface area contributed by atoms with Gasteiger partial charge in [-0.2, -0.15) is 0 Å². The van der Waals surface area contributed by atoms with Gasteiger partial charge in [-0.1, -0.05) is 11.6 Å². The van der Waals surface area contributed by atoms with Gasteiger partial charge in [0.25, 0.3) is 0 Å². The summed E-state index contributed by atoms with van der Waals surface area (Å²) in [5.41, 5.74) is 1.72. The second-order valence-corrected chi connectivity index (χ2v) is 4.06. The van der Waals surface area contributed by atoms with Crippen LogP contribution in [0.2, 0.25) is 0 Å². The third kappa shape index (κ3) is 7.60. The molecule has 0 bridgehead atoms. The van der Waals surface area contributed by atoms with Crippen molar-refractivity contribution < 1.29 is 0 Å². The fourth-order valence-corrected chi connectivity index (χ4v) is 0.779. The molecule has 0 aliphatic heterocycles. The summed E-state index contributed by atoms with van der Waals surface area (Å²) in [5.74, 6) is 0. The molecule has 66 valence electrons. The highest BCUT2D eigenvalue weighted by atomic mass is 14.9. The van der Waals surface area contributed by atoms with Crippen molar-refractivity contribution in [1.29, 1.82) is 0 Å². The summed E-state index contributed by atoms with van der Waals surface area (Å²) < 4.78 is 0. The van der Waals surface area contributed by atoms with Crippen LogP contribution in [0.25, 0.3) is 0 Å². The monoisotopic (exact) mass is 155 g/mol. The van der Waals surface area contributed by atoms with Crippen molar-refractivity contribution in [2.24, 2.45) is 0 Å². The van der Waals surface area contributed by atoms with Gasteiger partial charge in [0.15, 0.2) is 0 Å². The first-order chi connectivity index (χ1) is 4.95. The first kappa shape index (κ1) is 10.7. The van der Waals surface area contributed by atoms with E-state index in [1.807, 2.05) is 0 Å². The van der Waals surface area contributed by atoms with E-state index in [9.17, 15) is 0 Å². The Bertz CT molecular complexity index is 128. The minimum atomic E-state index is 0.258. The second-order valence-electron chi connectivity index (χ2n) is 4.06. The molecule has 11 heavy (non-hydrogen) atoms. The SMILES string of the molecule is C/C=C(\C)CCNC(C)(C)C. The molecule has 0 unspecified atom stereocenters.